The molecule has 148 valence electrons. The topological polar surface area (TPSA) is 111 Å². The van der Waals surface area contributed by atoms with E-state index >= 15 is 0 Å². The van der Waals surface area contributed by atoms with Crippen LogP contribution < -0.4 is 5.32 Å². The molecule has 1 aliphatic heterocycles. The maximum atomic E-state index is 12.7. The normalized spacial score (nSPS) is 24.3. The molecule has 2 heterocycles. The maximum absolute atomic E-state index is 12.7. The van der Waals surface area contributed by atoms with Crippen LogP contribution in [-0.2, 0) is 9.59 Å². The summed E-state index contributed by atoms with van der Waals surface area (Å²) < 4.78 is 0. The number of nitrogens with one attached hydrogen (secondary N) is 2. The van der Waals surface area contributed by atoms with Crippen molar-refractivity contribution in [3.63, 3.8) is 0 Å². The third-order valence-corrected chi connectivity index (χ3v) is 6.02. The fourth-order valence-electron chi connectivity index (χ4n) is 4.68. The summed E-state index contributed by atoms with van der Waals surface area (Å²) in [6.45, 7) is 5.08. The monoisotopic (exact) mass is 383 g/mol. The first kappa shape index (κ1) is 18.6. The molecule has 28 heavy (non-hydrogen) atoms. The lowest BCUT2D eigenvalue weighted by Crippen LogP contribution is -2.37. The average Bonchev–Trinajstić information content (AvgIpc) is 3.29. The Hall–Kier alpha value is -2.74. The number of aryl methyl sites for hydroxylation is 2. The van der Waals surface area contributed by atoms with Gasteiger partial charge in [-0.15, -0.1) is 0 Å². The quantitative estimate of drug-likeness (QED) is 0.730. The van der Waals surface area contributed by atoms with Gasteiger partial charge in [0.2, 0.25) is 5.91 Å². The maximum Gasteiger partial charge on any atom is 0.311 e. The lowest BCUT2D eigenvalue weighted by molar-refractivity contribution is -0.149. The summed E-state index contributed by atoms with van der Waals surface area (Å²) in [5, 5.41) is 19.7. The lowest BCUT2D eigenvalue weighted by Gasteiger charge is -2.23. The van der Waals surface area contributed by atoms with Crippen molar-refractivity contribution >= 4 is 17.6 Å². The predicted octanol–water partition coefficient (Wildman–Crippen LogP) is 2.21. The molecule has 0 spiro atoms. The van der Waals surface area contributed by atoms with Gasteiger partial charge in [0.1, 0.15) is 5.82 Å². The Balaban J connectivity index is 1.48. The van der Waals surface area contributed by atoms with Gasteiger partial charge in [0.25, 0.3) is 0 Å². The van der Waals surface area contributed by atoms with Crippen molar-refractivity contribution in [2.24, 2.45) is 11.3 Å². The fourth-order valence-corrected chi connectivity index (χ4v) is 4.68. The van der Waals surface area contributed by atoms with E-state index in [1.165, 1.54) is 0 Å². The van der Waals surface area contributed by atoms with Crippen LogP contribution in [0.4, 0.5) is 5.69 Å². The van der Waals surface area contributed by atoms with Gasteiger partial charge < -0.3 is 10.4 Å². The molecule has 1 amide bonds. The van der Waals surface area contributed by atoms with E-state index in [9.17, 15) is 14.7 Å². The molecule has 2 atom stereocenters. The minimum Gasteiger partial charge on any atom is -0.481 e. The SMILES string of the molecule is Cc1ccc(-c2n[nH]c(C)n2)c(NC(=O)CN2C[C@@H]3CCC[C@@]3(C(=O)O)C2)c1. The van der Waals surface area contributed by atoms with Gasteiger partial charge in [0.15, 0.2) is 5.82 Å². The van der Waals surface area contributed by atoms with E-state index in [0.717, 1.165) is 24.0 Å². The van der Waals surface area contributed by atoms with Crippen LogP contribution in [0.15, 0.2) is 18.2 Å². The number of benzene rings is 1. The summed E-state index contributed by atoms with van der Waals surface area (Å²) in [5.41, 5.74) is 1.76. The number of rotatable bonds is 5. The van der Waals surface area contributed by atoms with E-state index in [2.05, 4.69) is 20.5 Å². The Bertz CT molecular complexity index is 924. The molecule has 1 aromatic carbocycles. The number of nitrogens with zero attached hydrogens (tertiary/aromatic N) is 3. The van der Waals surface area contributed by atoms with Crippen molar-refractivity contribution in [2.75, 3.05) is 25.0 Å². The van der Waals surface area contributed by atoms with Gasteiger partial charge in [-0.1, -0.05) is 12.5 Å². The molecule has 2 aliphatic rings. The van der Waals surface area contributed by atoms with Gasteiger partial charge in [0, 0.05) is 18.7 Å². The van der Waals surface area contributed by atoms with Crippen molar-refractivity contribution in [3.8, 4) is 11.4 Å². The van der Waals surface area contributed by atoms with Crippen molar-refractivity contribution in [1.82, 2.24) is 20.1 Å². The molecule has 4 rings (SSSR count). The summed E-state index contributed by atoms with van der Waals surface area (Å²) in [5.74, 6) is 0.505. The number of H-pyrrole nitrogens is 1. The number of aliphatic carboxylic acids is 1. The van der Waals surface area contributed by atoms with E-state index in [1.54, 1.807) is 0 Å². The van der Waals surface area contributed by atoms with E-state index in [4.69, 9.17) is 0 Å². The van der Waals surface area contributed by atoms with E-state index in [0.29, 0.717) is 36.8 Å². The number of carboxylic acid groups (broad SMARTS) is 1. The zero-order valence-electron chi connectivity index (χ0n) is 16.2. The Morgan fingerprint density at radius 1 is 1.39 bits per heavy atom. The van der Waals surface area contributed by atoms with Crippen molar-refractivity contribution < 1.29 is 14.7 Å². The Morgan fingerprint density at radius 3 is 2.89 bits per heavy atom. The first-order valence-corrected chi connectivity index (χ1v) is 9.63. The minimum absolute atomic E-state index is 0.142. The average molecular weight is 383 g/mol. The molecule has 2 fully saturated rings. The largest absolute Gasteiger partial charge is 0.481 e. The summed E-state index contributed by atoms with van der Waals surface area (Å²) >= 11 is 0. The highest BCUT2D eigenvalue weighted by molar-refractivity contribution is 5.96. The van der Waals surface area contributed by atoms with E-state index < -0.39 is 11.4 Å². The lowest BCUT2D eigenvalue weighted by atomic mass is 9.81. The van der Waals surface area contributed by atoms with Crippen LogP contribution >= 0.6 is 0 Å². The van der Waals surface area contributed by atoms with Crippen LogP contribution in [0.1, 0.15) is 30.7 Å². The number of hydrogen-bond donors (Lipinski definition) is 3. The molecule has 8 nitrogen and oxygen atoms in total. The highest BCUT2D eigenvalue weighted by Crippen LogP contribution is 2.48. The van der Waals surface area contributed by atoms with E-state index in [1.807, 2.05) is 36.9 Å². The fraction of sp³-hybridized carbons (Fsp3) is 0.500. The van der Waals surface area contributed by atoms with Gasteiger partial charge in [-0.3, -0.25) is 19.6 Å². The molecule has 0 unspecified atom stereocenters. The molecule has 3 N–H and O–H groups in total. The second kappa shape index (κ2) is 7.01. The van der Waals surface area contributed by atoms with Crippen molar-refractivity contribution in [1.29, 1.82) is 0 Å². The molecule has 0 bridgehead atoms. The van der Waals surface area contributed by atoms with Gasteiger partial charge in [0.05, 0.1) is 17.6 Å². The zero-order chi connectivity index (χ0) is 19.9. The highest BCUT2D eigenvalue weighted by Gasteiger charge is 2.54. The van der Waals surface area contributed by atoms with Gasteiger partial charge in [-0.25, -0.2) is 4.98 Å². The third kappa shape index (κ3) is 3.28. The molecule has 0 radical (unpaired) electrons. The summed E-state index contributed by atoms with van der Waals surface area (Å²) in [7, 11) is 0. The summed E-state index contributed by atoms with van der Waals surface area (Å²) in [6, 6.07) is 5.75. The number of likely N-dealkylation sites (tertiary alicyclic amines) is 1. The third-order valence-electron chi connectivity index (χ3n) is 6.02. The Labute approximate surface area is 163 Å². The van der Waals surface area contributed by atoms with Crippen LogP contribution in [-0.4, -0.2) is 56.7 Å². The molecular formula is C20H25N5O3. The Morgan fingerprint density at radius 2 is 2.21 bits per heavy atom. The van der Waals surface area contributed by atoms with E-state index in [-0.39, 0.29) is 18.4 Å². The van der Waals surface area contributed by atoms with Crippen LogP contribution in [0, 0.1) is 25.2 Å². The number of anilines is 1. The summed E-state index contributed by atoms with van der Waals surface area (Å²) in [6.07, 6.45) is 2.59. The Kier molecular flexibility index (Phi) is 4.66. The molecular weight excluding hydrogens is 358 g/mol. The van der Waals surface area contributed by atoms with Crippen LogP contribution in [0.3, 0.4) is 0 Å². The zero-order valence-corrected chi connectivity index (χ0v) is 16.2. The van der Waals surface area contributed by atoms with Gasteiger partial charge >= 0.3 is 5.97 Å². The number of fused-ring (bicyclic) bond motifs is 1. The van der Waals surface area contributed by atoms with Crippen molar-refractivity contribution in [2.45, 2.75) is 33.1 Å². The van der Waals surface area contributed by atoms with Gasteiger partial charge in [-0.05, 0) is 50.3 Å². The number of aromatic amines is 1. The van der Waals surface area contributed by atoms with Crippen molar-refractivity contribution in [3.05, 3.63) is 29.6 Å². The number of aromatic nitrogens is 3. The molecule has 1 aromatic heterocycles. The molecule has 1 saturated carbocycles. The number of amides is 1. The predicted molar refractivity (Wildman–Crippen MR) is 104 cm³/mol. The first-order valence-electron chi connectivity index (χ1n) is 9.63. The second-order valence-corrected chi connectivity index (χ2v) is 8.06. The van der Waals surface area contributed by atoms with Gasteiger partial charge in [-0.2, -0.15) is 5.10 Å². The number of carbonyl (C=O) groups excluding carboxylic acids is 1. The second-order valence-electron chi connectivity index (χ2n) is 8.06. The molecule has 8 heteroatoms. The minimum atomic E-state index is -0.723. The highest BCUT2D eigenvalue weighted by atomic mass is 16.4. The summed E-state index contributed by atoms with van der Waals surface area (Å²) in [4.78, 5) is 30.9. The van der Waals surface area contributed by atoms with Crippen LogP contribution in [0.2, 0.25) is 0 Å². The number of carbonyl (C=O) groups is 2. The van der Waals surface area contributed by atoms with Crippen LogP contribution in [0.25, 0.3) is 11.4 Å². The smallest absolute Gasteiger partial charge is 0.311 e. The first-order chi connectivity index (χ1) is 13.4. The molecule has 1 saturated heterocycles. The number of hydrogen-bond acceptors (Lipinski definition) is 5. The van der Waals surface area contributed by atoms with Crippen LogP contribution in [0.5, 0.6) is 0 Å². The molecule has 1 aliphatic carbocycles. The number of carboxylic acids is 1. The standard InChI is InChI=1S/C20H25N5O3/c1-12-5-6-15(18-21-13(2)23-24-18)16(8-12)22-17(26)10-25-9-14-4-3-7-20(14,11-25)19(27)28/h5-6,8,14H,3-4,7,9-11H2,1-2H3,(H,22,26)(H,27,28)(H,21,23,24)/t14-,20+/m0/s1. The molecule has 2 aromatic rings.